The Morgan fingerprint density at radius 1 is 1.19 bits per heavy atom. The van der Waals surface area contributed by atoms with Crippen molar-refractivity contribution >= 4 is 21.6 Å². The van der Waals surface area contributed by atoms with Crippen molar-refractivity contribution in [3.8, 4) is 5.75 Å². The Kier molecular flexibility index (Phi) is 6.54. The van der Waals surface area contributed by atoms with E-state index in [0.29, 0.717) is 6.42 Å². The number of halogens is 2. The zero-order valence-electron chi connectivity index (χ0n) is 17.7. The van der Waals surface area contributed by atoms with Crippen molar-refractivity contribution in [2.24, 2.45) is 0 Å². The summed E-state index contributed by atoms with van der Waals surface area (Å²) in [4.78, 5) is 12.6. The second-order valence-corrected chi connectivity index (χ2v) is 10.2. The van der Waals surface area contributed by atoms with Crippen molar-refractivity contribution in [3.63, 3.8) is 0 Å². The van der Waals surface area contributed by atoms with Gasteiger partial charge in [-0.15, -0.1) is 0 Å². The van der Waals surface area contributed by atoms with E-state index >= 15 is 0 Å². The molecule has 0 spiro atoms. The smallest absolute Gasteiger partial charge is 0.232 e. The molecule has 1 heterocycles. The fourth-order valence-electron chi connectivity index (χ4n) is 3.71. The average molecular weight is 453 g/mol. The van der Waals surface area contributed by atoms with Crippen LogP contribution in [0.2, 0.25) is 0 Å². The summed E-state index contributed by atoms with van der Waals surface area (Å²) in [6.07, 6.45) is 1.87. The summed E-state index contributed by atoms with van der Waals surface area (Å²) in [5, 5.41) is 3.00. The van der Waals surface area contributed by atoms with Gasteiger partial charge in [-0.25, -0.2) is 17.2 Å². The van der Waals surface area contributed by atoms with Crippen LogP contribution in [0.15, 0.2) is 42.5 Å². The lowest BCUT2D eigenvalue weighted by atomic mass is 9.89. The molecule has 2 aromatic carbocycles. The predicted molar refractivity (Wildman–Crippen MR) is 114 cm³/mol. The Bertz CT molecular complexity index is 1070. The Morgan fingerprint density at radius 3 is 2.58 bits per heavy atom. The molecule has 1 aliphatic heterocycles. The highest BCUT2D eigenvalue weighted by molar-refractivity contribution is 7.92. The number of anilines is 1. The van der Waals surface area contributed by atoms with Crippen LogP contribution in [-0.4, -0.2) is 32.7 Å². The van der Waals surface area contributed by atoms with Gasteiger partial charge in [-0.1, -0.05) is 18.2 Å². The van der Waals surface area contributed by atoms with Crippen LogP contribution in [0, 0.1) is 11.6 Å². The van der Waals surface area contributed by atoms with Gasteiger partial charge in [0.1, 0.15) is 11.4 Å². The van der Waals surface area contributed by atoms with E-state index in [1.165, 1.54) is 6.07 Å². The van der Waals surface area contributed by atoms with Gasteiger partial charge >= 0.3 is 0 Å². The lowest BCUT2D eigenvalue weighted by Crippen LogP contribution is -2.41. The molecule has 0 saturated heterocycles. The molecule has 0 aliphatic carbocycles. The number of fused-ring (bicyclic) bond motifs is 1. The summed E-state index contributed by atoms with van der Waals surface area (Å²) < 4.78 is 57.9. The number of para-hydroxylation sites is 1. The Morgan fingerprint density at radius 2 is 1.90 bits per heavy atom. The first kappa shape index (κ1) is 23.0. The van der Waals surface area contributed by atoms with Crippen molar-refractivity contribution in [2.75, 3.05) is 17.1 Å². The molecule has 0 radical (unpaired) electrons. The monoisotopic (exact) mass is 452 g/mol. The average Bonchev–Trinajstić information content (AvgIpc) is 2.66. The molecular weight excluding hydrogens is 426 g/mol. The number of sulfonamides is 1. The molecule has 0 unspecified atom stereocenters. The maximum Gasteiger partial charge on any atom is 0.232 e. The molecular formula is C22H26F2N2O4S. The second kappa shape index (κ2) is 8.82. The van der Waals surface area contributed by atoms with Gasteiger partial charge in [-0.05, 0) is 38.5 Å². The van der Waals surface area contributed by atoms with E-state index in [-0.39, 0.29) is 37.0 Å². The molecule has 1 amide bonds. The molecule has 168 valence electrons. The maximum absolute atomic E-state index is 13.6. The van der Waals surface area contributed by atoms with Gasteiger partial charge in [0.15, 0.2) is 11.6 Å². The third-order valence-corrected chi connectivity index (χ3v) is 6.26. The molecule has 3 rings (SSSR count). The van der Waals surface area contributed by atoms with Crippen molar-refractivity contribution in [1.82, 2.24) is 5.32 Å². The predicted octanol–water partition coefficient (Wildman–Crippen LogP) is 3.93. The molecule has 0 saturated carbocycles. The van der Waals surface area contributed by atoms with Crippen LogP contribution in [-0.2, 0) is 14.8 Å². The van der Waals surface area contributed by atoms with Crippen LogP contribution in [0.1, 0.15) is 44.7 Å². The summed E-state index contributed by atoms with van der Waals surface area (Å²) in [5.41, 5.74) is 0.475. The highest BCUT2D eigenvalue weighted by atomic mass is 32.2. The van der Waals surface area contributed by atoms with Gasteiger partial charge in [0.25, 0.3) is 0 Å². The molecule has 1 atom stereocenters. The van der Waals surface area contributed by atoms with Gasteiger partial charge in [0, 0.05) is 31.0 Å². The highest BCUT2D eigenvalue weighted by Crippen LogP contribution is 2.39. The lowest BCUT2D eigenvalue weighted by molar-refractivity contribution is -0.122. The van der Waals surface area contributed by atoms with Gasteiger partial charge < -0.3 is 10.1 Å². The highest BCUT2D eigenvalue weighted by Gasteiger charge is 2.34. The van der Waals surface area contributed by atoms with Crippen LogP contribution < -0.4 is 14.4 Å². The van der Waals surface area contributed by atoms with E-state index < -0.39 is 27.3 Å². The Labute approximate surface area is 181 Å². The minimum atomic E-state index is -3.73. The second-order valence-electron chi connectivity index (χ2n) is 8.26. The van der Waals surface area contributed by atoms with E-state index in [1.54, 1.807) is 0 Å². The molecule has 1 N–H and O–H groups in total. The van der Waals surface area contributed by atoms with Crippen molar-refractivity contribution in [1.29, 1.82) is 0 Å². The summed E-state index contributed by atoms with van der Waals surface area (Å²) in [5.74, 6) is -1.69. The molecule has 1 aliphatic rings. The van der Waals surface area contributed by atoms with Gasteiger partial charge in [0.2, 0.25) is 15.9 Å². The number of nitrogens with zero attached hydrogens (tertiary/aromatic N) is 1. The standard InChI is InChI=1S/C22H26F2N2O4S/c1-22(2)14-19(16-7-4-5-8-20(16)30-22)25-21(27)9-6-12-26(31(3,28)29)15-10-11-17(23)18(24)13-15/h4-5,7-8,10-11,13,19H,6,9,12,14H2,1-3H3,(H,25,27)/t19-/m0/s1. The zero-order chi connectivity index (χ0) is 22.8. The van der Waals surface area contributed by atoms with Crippen LogP contribution >= 0.6 is 0 Å². The summed E-state index contributed by atoms with van der Waals surface area (Å²) in [7, 11) is -3.73. The third kappa shape index (κ3) is 5.72. The molecule has 0 fully saturated rings. The number of carbonyl (C=O) groups is 1. The first-order valence-corrected chi connectivity index (χ1v) is 11.8. The minimum absolute atomic E-state index is 0.0157. The van der Waals surface area contributed by atoms with Gasteiger partial charge in [-0.2, -0.15) is 0 Å². The first-order chi connectivity index (χ1) is 14.5. The van der Waals surface area contributed by atoms with E-state index in [9.17, 15) is 22.0 Å². The van der Waals surface area contributed by atoms with E-state index in [4.69, 9.17) is 4.74 Å². The van der Waals surface area contributed by atoms with E-state index in [1.807, 2.05) is 38.1 Å². The maximum atomic E-state index is 13.6. The van der Waals surface area contributed by atoms with Crippen LogP contribution in [0.3, 0.4) is 0 Å². The zero-order valence-corrected chi connectivity index (χ0v) is 18.5. The Hall–Kier alpha value is -2.68. The normalized spacial score (nSPS) is 17.4. The third-order valence-electron chi connectivity index (χ3n) is 5.07. The quantitative estimate of drug-likeness (QED) is 0.691. The molecule has 6 nitrogen and oxygen atoms in total. The van der Waals surface area contributed by atoms with Crippen LogP contribution in [0.4, 0.5) is 14.5 Å². The number of ether oxygens (including phenoxy) is 1. The first-order valence-electron chi connectivity index (χ1n) is 9.96. The summed E-state index contributed by atoms with van der Waals surface area (Å²) in [6, 6.07) is 10.2. The van der Waals surface area contributed by atoms with Crippen molar-refractivity contribution in [2.45, 2.75) is 44.8 Å². The fraction of sp³-hybridized carbons (Fsp3) is 0.409. The topological polar surface area (TPSA) is 75.7 Å². The molecule has 2 aromatic rings. The molecule has 0 aromatic heterocycles. The summed E-state index contributed by atoms with van der Waals surface area (Å²) >= 11 is 0. The van der Waals surface area contributed by atoms with E-state index in [0.717, 1.165) is 34.0 Å². The fourth-order valence-corrected chi connectivity index (χ4v) is 4.66. The number of amides is 1. The molecule has 31 heavy (non-hydrogen) atoms. The van der Waals surface area contributed by atoms with Crippen molar-refractivity contribution < 1.29 is 26.7 Å². The number of hydrogen-bond acceptors (Lipinski definition) is 4. The largest absolute Gasteiger partial charge is 0.487 e. The molecule has 0 bridgehead atoms. The minimum Gasteiger partial charge on any atom is -0.487 e. The number of rotatable bonds is 7. The number of hydrogen-bond donors (Lipinski definition) is 1. The number of benzene rings is 2. The lowest BCUT2D eigenvalue weighted by Gasteiger charge is -2.37. The van der Waals surface area contributed by atoms with Crippen molar-refractivity contribution in [3.05, 3.63) is 59.7 Å². The van der Waals surface area contributed by atoms with E-state index in [2.05, 4.69) is 5.32 Å². The number of carbonyl (C=O) groups excluding carboxylic acids is 1. The Balaban J connectivity index is 1.64. The number of nitrogens with one attached hydrogen (secondary N) is 1. The van der Waals surface area contributed by atoms with Gasteiger partial charge in [0.05, 0.1) is 18.0 Å². The van der Waals surface area contributed by atoms with Gasteiger partial charge in [-0.3, -0.25) is 9.10 Å². The SMILES string of the molecule is CC1(C)C[C@H](NC(=O)CCCN(c2ccc(F)c(F)c2)S(C)(=O)=O)c2ccccc2O1. The summed E-state index contributed by atoms with van der Waals surface area (Å²) in [6.45, 7) is 3.87. The molecule has 9 heteroatoms. The van der Waals surface area contributed by atoms with Crippen LogP contribution in [0.25, 0.3) is 0 Å². The van der Waals surface area contributed by atoms with Crippen LogP contribution in [0.5, 0.6) is 5.75 Å².